The summed E-state index contributed by atoms with van der Waals surface area (Å²) in [6.07, 6.45) is 3.49. The Morgan fingerprint density at radius 2 is 2.00 bits per heavy atom. The van der Waals surface area contributed by atoms with Gasteiger partial charge in [0.25, 0.3) is 0 Å². The fourth-order valence-corrected chi connectivity index (χ4v) is 1.85. The molecular weight excluding hydrogens is 320 g/mol. The van der Waals surface area contributed by atoms with Gasteiger partial charge in [-0.05, 0) is 37.5 Å². The van der Waals surface area contributed by atoms with Crippen LogP contribution in [-0.2, 0) is 0 Å². The van der Waals surface area contributed by atoms with Crippen molar-refractivity contribution in [1.82, 2.24) is 0 Å². The molecular formula is C12H15Br2O. The SMILES string of the molecule is BrCC(Br)CCCCOc1cc[c]cc1. The first-order valence-electron chi connectivity index (χ1n) is 5.12. The minimum atomic E-state index is 0.587. The van der Waals surface area contributed by atoms with E-state index in [-0.39, 0.29) is 0 Å². The molecule has 0 N–H and O–H groups in total. The van der Waals surface area contributed by atoms with Crippen LogP contribution in [0.1, 0.15) is 19.3 Å². The lowest BCUT2D eigenvalue weighted by molar-refractivity contribution is 0.305. The van der Waals surface area contributed by atoms with Crippen LogP contribution in [0.3, 0.4) is 0 Å². The molecule has 3 heteroatoms. The lowest BCUT2D eigenvalue weighted by Crippen LogP contribution is -2.01. The first-order chi connectivity index (χ1) is 7.33. The first kappa shape index (κ1) is 13.0. The van der Waals surface area contributed by atoms with E-state index >= 15 is 0 Å². The Balaban J connectivity index is 2.03. The van der Waals surface area contributed by atoms with Crippen molar-refractivity contribution >= 4 is 31.9 Å². The van der Waals surface area contributed by atoms with Gasteiger partial charge in [-0.1, -0.05) is 44.0 Å². The van der Waals surface area contributed by atoms with Gasteiger partial charge in [0.1, 0.15) is 5.75 Å². The Bertz CT molecular complexity index is 251. The fraction of sp³-hybridized carbons (Fsp3) is 0.500. The van der Waals surface area contributed by atoms with Crippen molar-refractivity contribution in [3.63, 3.8) is 0 Å². The number of unbranched alkanes of at least 4 members (excludes halogenated alkanes) is 1. The predicted molar refractivity (Wildman–Crippen MR) is 71.1 cm³/mol. The van der Waals surface area contributed by atoms with Crippen LogP contribution in [0.15, 0.2) is 24.3 Å². The number of halogens is 2. The summed E-state index contributed by atoms with van der Waals surface area (Å²) in [6.45, 7) is 0.798. The summed E-state index contributed by atoms with van der Waals surface area (Å²) < 4.78 is 5.57. The molecule has 15 heavy (non-hydrogen) atoms. The van der Waals surface area contributed by atoms with Crippen molar-refractivity contribution in [2.45, 2.75) is 24.1 Å². The third-order valence-corrected chi connectivity index (χ3v) is 4.47. The highest BCUT2D eigenvalue weighted by molar-refractivity contribution is 9.12. The number of rotatable bonds is 7. The molecule has 0 aliphatic rings. The number of benzene rings is 1. The monoisotopic (exact) mass is 333 g/mol. The smallest absolute Gasteiger partial charge is 0.119 e. The molecule has 1 aromatic rings. The fourth-order valence-electron chi connectivity index (χ4n) is 1.20. The van der Waals surface area contributed by atoms with E-state index in [1.54, 1.807) is 0 Å². The molecule has 1 rings (SSSR count). The molecule has 0 heterocycles. The first-order valence-corrected chi connectivity index (χ1v) is 7.15. The summed E-state index contributed by atoms with van der Waals surface area (Å²) in [7, 11) is 0. The summed E-state index contributed by atoms with van der Waals surface area (Å²) in [5.74, 6) is 0.935. The maximum absolute atomic E-state index is 5.57. The van der Waals surface area contributed by atoms with E-state index in [1.807, 2.05) is 24.3 Å². The largest absolute Gasteiger partial charge is 0.494 e. The van der Waals surface area contributed by atoms with E-state index in [0.29, 0.717) is 4.83 Å². The molecule has 0 spiro atoms. The third-order valence-electron chi connectivity index (χ3n) is 2.04. The molecule has 0 aromatic heterocycles. The Kier molecular flexibility index (Phi) is 7.11. The quantitative estimate of drug-likeness (QED) is 0.536. The minimum absolute atomic E-state index is 0.587. The van der Waals surface area contributed by atoms with Gasteiger partial charge in [-0.2, -0.15) is 0 Å². The third kappa shape index (κ3) is 6.21. The second kappa shape index (κ2) is 8.17. The van der Waals surface area contributed by atoms with Gasteiger partial charge in [-0.15, -0.1) is 0 Å². The van der Waals surface area contributed by atoms with Gasteiger partial charge in [-0.3, -0.25) is 0 Å². The Hall–Kier alpha value is -0.0200. The normalized spacial score (nSPS) is 12.4. The Morgan fingerprint density at radius 1 is 1.27 bits per heavy atom. The van der Waals surface area contributed by atoms with E-state index in [4.69, 9.17) is 4.74 Å². The Labute approximate surface area is 108 Å². The highest BCUT2D eigenvalue weighted by Gasteiger charge is 2.00. The van der Waals surface area contributed by atoms with E-state index in [0.717, 1.165) is 24.1 Å². The zero-order valence-electron chi connectivity index (χ0n) is 8.59. The molecule has 1 radical (unpaired) electrons. The summed E-state index contributed by atoms with van der Waals surface area (Å²) in [5.41, 5.74) is 0. The van der Waals surface area contributed by atoms with E-state index in [1.165, 1.54) is 12.8 Å². The van der Waals surface area contributed by atoms with Gasteiger partial charge >= 0.3 is 0 Å². The number of hydrogen-bond donors (Lipinski definition) is 0. The maximum atomic E-state index is 5.57. The van der Waals surface area contributed by atoms with Crippen LogP contribution >= 0.6 is 31.9 Å². The molecule has 1 aromatic carbocycles. The second-order valence-electron chi connectivity index (χ2n) is 3.33. The predicted octanol–water partition coefficient (Wildman–Crippen LogP) is 4.19. The second-order valence-corrected chi connectivity index (χ2v) is 5.27. The number of alkyl halides is 2. The zero-order chi connectivity index (χ0) is 10.9. The molecule has 0 amide bonds. The maximum Gasteiger partial charge on any atom is 0.119 e. The van der Waals surface area contributed by atoms with Crippen LogP contribution in [0, 0.1) is 6.07 Å². The molecule has 1 unspecified atom stereocenters. The van der Waals surface area contributed by atoms with Crippen molar-refractivity contribution in [1.29, 1.82) is 0 Å². The summed E-state index contributed by atoms with van der Waals surface area (Å²) in [4.78, 5) is 0.587. The Morgan fingerprint density at radius 3 is 2.67 bits per heavy atom. The molecule has 0 fully saturated rings. The summed E-state index contributed by atoms with van der Waals surface area (Å²) in [6, 6.07) is 10.6. The zero-order valence-corrected chi connectivity index (χ0v) is 11.8. The minimum Gasteiger partial charge on any atom is -0.494 e. The molecule has 0 saturated carbocycles. The van der Waals surface area contributed by atoms with Crippen LogP contribution < -0.4 is 4.74 Å². The summed E-state index contributed by atoms with van der Waals surface area (Å²) >= 11 is 7.02. The molecule has 0 bridgehead atoms. The molecule has 0 aliphatic heterocycles. The van der Waals surface area contributed by atoms with Crippen LogP contribution in [-0.4, -0.2) is 16.8 Å². The summed E-state index contributed by atoms with van der Waals surface area (Å²) in [5, 5.41) is 1.02. The van der Waals surface area contributed by atoms with Crippen LogP contribution in [0.4, 0.5) is 0 Å². The van der Waals surface area contributed by atoms with E-state index in [2.05, 4.69) is 37.9 Å². The molecule has 1 atom stereocenters. The van der Waals surface area contributed by atoms with Crippen molar-refractivity contribution in [3.8, 4) is 5.75 Å². The lowest BCUT2D eigenvalue weighted by Gasteiger charge is -2.07. The van der Waals surface area contributed by atoms with Crippen LogP contribution in [0.25, 0.3) is 0 Å². The molecule has 0 saturated heterocycles. The van der Waals surface area contributed by atoms with Gasteiger partial charge in [0.2, 0.25) is 0 Å². The number of ether oxygens (including phenoxy) is 1. The van der Waals surface area contributed by atoms with Crippen LogP contribution in [0.5, 0.6) is 5.75 Å². The highest BCUT2D eigenvalue weighted by Crippen LogP contribution is 2.13. The van der Waals surface area contributed by atoms with Gasteiger partial charge in [0.05, 0.1) is 6.61 Å². The van der Waals surface area contributed by atoms with E-state index < -0.39 is 0 Å². The molecule has 83 valence electrons. The van der Waals surface area contributed by atoms with Crippen molar-refractivity contribution in [2.24, 2.45) is 0 Å². The molecule has 0 aliphatic carbocycles. The van der Waals surface area contributed by atoms with E-state index in [9.17, 15) is 0 Å². The van der Waals surface area contributed by atoms with Crippen molar-refractivity contribution in [2.75, 3.05) is 11.9 Å². The van der Waals surface area contributed by atoms with Crippen molar-refractivity contribution in [3.05, 3.63) is 30.3 Å². The number of hydrogen-bond acceptors (Lipinski definition) is 1. The van der Waals surface area contributed by atoms with Gasteiger partial charge in [-0.25, -0.2) is 0 Å². The standard InChI is InChI=1S/C12H15Br2O/c13-10-11(14)6-4-5-9-15-12-7-2-1-3-8-12/h2-3,7-8,11H,4-6,9-10H2. The topological polar surface area (TPSA) is 9.23 Å². The highest BCUT2D eigenvalue weighted by atomic mass is 79.9. The molecule has 1 nitrogen and oxygen atoms in total. The average molecular weight is 335 g/mol. The van der Waals surface area contributed by atoms with Gasteiger partial charge in [0.15, 0.2) is 0 Å². The van der Waals surface area contributed by atoms with Crippen LogP contribution in [0.2, 0.25) is 0 Å². The average Bonchev–Trinajstić information content (AvgIpc) is 2.29. The van der Waals surface area contributed by atoms with Gasteiger partial charge < -0.3 is 4.74 Å². The van der Waals surface area contributed by atoms with Crippen molar-refractivity contribution < 1.29 is 4.74 Å². The van der Waals surface area contributed by atoms with Gasteiger partial charge in [0, 0.05) is 10.2 Å². The lowest BCUT2D eigenvalue weighted by atomic mass is 10.2.